The fourth-order valence-corrected chi connectivity index (χ4v) is 4.03. The first-order valence-corrected chi connectivity index (χ1v) is 11.7. The van der Waals surface area contributed by atoms with Crippen LogP contribution in [0.15, 0.2) is 89.4 Å². The number of halogens is 2. The molecular formula is C30H14Cl2N4O2. The van der Waals surface area contributed by atoms with Crippen molar-refractivity contribution in [2.24, 2.45) is 0 Å². The minimum atomic E-state index is 0.0730. The molecule has 8 heteroatoms. The van der Waals surface area contributed by atoms with Gasteiger partial charge in [-0.1, -0.05) is 47.5 Å². The van der Waals surface area contributed by atoms with Crippen molar-refractivity contribution < 1.29 is 9.47 Å². The molecule has 0 aromatic heterocycles. The topological polar surface area (TPSA) is 114 Å². The molecule has 0 amide bonds. The lowest BCUT2D eigenvalue weighted by molar-refractivity contribution is 0.482. The number of benzene rings is 4. The fourth-order valence-electron chi connectivity index (χ4n) is 3.59. The third-order valence-corrected chi connectivity index (χ3v) is 5.79. The molecule has 4 aromatic carbocycles. The Morgan fingerprint density at radius 2 is 0.816 bits per heavy atom. The monoisotopic (exact) mass is 532 g/mol. The Labute approximate surface area is 229 Å². The zero-order valence-corrected chi connectivity index (χ0v) is 21.0. The summed E-state index contributed by atoms with van der Waals surface area (Å²) in [6.07, 6.45) is 0. The molecule has 0 aliphatic rings. The maximum absolute atomic E-state index is 9.21. The smallest absolute Gasteiger partial charge is 0.128 e. The SMILES string of the molecule is N#Cc1ccc(Oc2ccc(C(=C(Cl)Cl)c3ccc(Oc4ccc(C#N)c(C#N)c4)cc3)cc2)cc1C#N. The number of hydrogen-bond donors (Lipinski definition) is 0. The summed E-state index contributed by atoms with van der Waals surface area (Å²) < 4.78 is 11.7. The normalized spacial score (nSPS) is 9.74. The molecule has 0 saturated heterocycles. The molecule has 0 radical (unpaired) electrons. The van der Waals surface area contributed by atoms with Crippen molar-refractivity contribution in [1.82, 2.24) is 0 Å². The third kappa shape index (κ3) is 5.76. The molecule has 180 valence electrons. The van der Waals surface area contributed by atoms with Gasteiger partial charge in [0.15, 0.2) is 0 Å². The molecule has 6 nitrogen and oxygen atoms in total. The van der Waals surface area contributed by atoms with E-state index in [1.807, 2.05) is 24.3 Å². The molecule has 0 fully saturated rings. The Morgan fingerprint density at radius 1 is 0.474 bits per heavy atom. The predicted molar refractivity (Wildman–Crippen MR) is 143 cm³/mol. The molecule has 38 heavy (non-hydrogen) atoms. The highest BCUT2D eigenvalue weighted by Gasteiger charge is 2.12. The van der Waals surface area contributed by atoms with Gasteiger partial charge in [-0.25, -0.2) is 0 Å². The Balaban J connectivity index is 1.52. The van der Waals surface area contributed by atoms with Crippen molar-refractivity contribution in [3.05, 3.63) is 123 Å². The van der Waals surface area contributed by atoms with Gasteiger partial charge in [-0.3, -0.25) is 0 Å². The van der Waals surface area contributed by atoms with Crippen LogP contribution in [-0.2, 0) is 0 Å². The van der Waals surface area contributed by atoms with Gasteiger partial charge in [0.1, 0.15) is 51.8 Å². The average molecular weight is 533 g/mol. The minimum Gasteiger partial charge on any atom is -0.457 e. The molecule has 0 saturated carbocycles. The lowest BCUT2D eigenvalue weighted by Crippen LogP contribution is -1.92. The largest absolute Gasteiger partial charge is 0.457 e. The van der Waals surface area contributed by atoms with E-state index in [4.69, 9.17) is 43.2 Å². The standard InChI is InChI=1S/C30H14Cl2N4O2/c31-30(32)29(19-1-7-25(8-2-19)37-27-11-5-21(15-33)23(13-27)17-35)20-3-9-26(10-4-20)38-28-12-6-22(16-34)24(14-28)18-36/h1-14H. The second kappa shape index (κ2) is 11.7. The van der Waals surface area contributed by atoms with E-state index in [1.54, 1.807) is 60.7 Å². The maximum atomic E-state index is 9.21. The number of nitrogens with zero attached hydrogens (tertiary/aromatic N) is 4. The summed E-state index contributed by atoms with van der Waals surface area (Å²) in [5, 5.41) is 36.6. The first kappa shape index (κ1) is 25.8. The zero-order chi connectivity index (χ0) is 27.1. The minimum absolute atomic E-state index is 0.0730. The van der Waals surface area contributed by atoms with Gasteiger partial charge in [0, 0.05) is 5.57 Å². The van der Waals surface area contributed by atoms with E-state index in [9.17, 15) is 10.5 Å². The lowest BCUT2D eigenvalue weighted by Gasteiger charge is -2.12. The van der Waals surface area contributed by atoms with E-state index in [-0.39, 0.29) is 26.7 Å². The Kier molecular flexibility index (Phi) is 7.93. The van der Waals surface area contributed by atoms with Gasteiger partial charge in [0.25, 0.3) is 0 Å². The van der Waals surface area contributed by atoms with Crippen LogP contribution in [-0.4, -0.2) is 0 Å². The molecule has 0 unspecified atom stereocenters. The first-order chi connectivity index (χ1) is 18.4. The van der Waals surface area contributed by atoms with Crippen LogP contribution in [0.2, 0.25) is 0 Å². The van der Waals surface area contributed by atoms with E-state index in [0.717, 1.165) is 11.1 Å². The van der Waals surface area contributed by atoms with Crippen LogP contribution < -0.4 is 9.47 Å². The van der Waals surface area contributed by atoms with Gasteiger partial charge >= 0.3 is 0 Å². The van der Waals surface area contributed by atoms with Crippen molar-refractivity contribution >= 4 is 28.8 Å². The van der Waals surface area contributed by atoms with Crippen LogP contribution in [0.3, 0.4) is 0 Å². The van der Waals surface area contributed by atoms with Crippen molar-refractivity contribution in [1.29, 1.82) is 21.0 Å². The van der Waals surface area contributed by atoms with Gasteiger partial charge in [-0.2, -0.15) is 21.0 Å². The average Bonchev–Trinajstić information content (AvgIpc) is 2.94. The number of hydrogen-bond acceptors (Lipinski definition) is 6. The second-order valence-electron chi connectivity index (χ2n) is 7.75. The van der Waals surface area contributed by atoms with E-state index >= 15 is 0 Å². The van der Waals surface area contributed by atoms with Crippen LogP contribution in [0.4, 0.5) is 0 Å². The number of rotatable bonds is 6. The highest BCUT2D eigenvalue weighted by Crippen LogP contribution is 2.34. The van der Waals surface area contributed by atoms with Gasteiger partial charge in [-0.05, 0) is 71.8 Å². The van der Waals surface area contributed by atoms with E-state index in [0.29, 0.717) is 28.6 Å². The van der Waals surface area contributed by atoms with Crippen LogP contribution >= 0.6 is 23.2 Å². The highest BCUT2D eigenvalue weighted by atomic mass is 35.5. The van der Waals surface area contributed by atoms with Crippen LogP contribution in [0, 0.1) is 45.3 Å². The summed E-state index contributed by atoms with van der Waals surface area (Å²) in [6, 6.07) is 31.4. The molecular weight excluding hydrogens is 519 g/mol. The van der Waals surface area contributed by atoms with E-state index in [1.165, 1.54) is 24.3 Å². The van der Waals surface area contributed by atoms with Gasteiger partial charge in [0.2, 0.25) is 0 Å². The summed E-state index contributed by atoms with van der Waals surface area (Å²) in [4.78, 5) is 0. The quantitative estimate of drug-likeness (QED) is 0.248. The van der Waals surface area contributed by atoms with E-state index < -0.39 is 0 Å². The molecule has 0 bridgehead atoms. The van der Waals surface area contributed by atoms with Crippen LogP contribution in [0.25, 0.3) is 5.57 Å². The molecule has 0 aliphatic heterocycles. The molecule has 0 spiro atoms. The summed E-state index contributed by atoms with van der Waals surface area (Å²) in [7, 11) is 0. The molecule has 0 aliphatic carbocycles. The lowest BCUT2D eigenvalue weighted by atomic mass is 9.99. The Morgan fingerprint density at radius 3 is 1.13 bits per heavy atom. The number of nitriles is 4. The van der Waals surface area contributed by atoms with Gasteiger partial charge in [-0.15, -0.1) is 0 Å². The Hall–Kier alpha value is -5.24. The summed E-state index contributed by atoms with van der Waals surface area (Å²) >= 11 is 12.5. The van der Waals surface area contributed by atoms with Crippen molar-refractivity contribution in [2.75, 3.05) is 0 Å². The van der Waals surface area contributed by atoms with Gasteiger partial charge < -0.3 is 9.47 Å². The van der Waals surface area contributed by atoms with Crippen molar-refractivity contribution in [2.45, 2.75) is 0 Å². The van der Waals surface area contributed by atoms with Crippen LogP contribution in [0.5, 0.6) is 23.0 Å². The molecule has 4 aromatic rings. The molecule has 0 heterocycles. The second-order valence-corrected chi connectivity index (χ2v) is 8.70. The summed E-state index contributed by atoms with van der Waals surface area (Å²) in [5.41, 5.74) is 3.12. The fraction of sp³-hybridized carbons (Fsp3) is 0. The van der Waals surface area contributed by atoms with Gasteiger partial charge in [0.05, 0.1) is 22.3 Å². The molecule has 0 N–H and O–H groups in total. The van der Waals surface area contributed by atoms with Crippen molar-refractivity contribution in [3.63, 3.8) is 0 Å². The summed E-state index contributed by atoms with van der Waals surface area (Å²) in [6.45, 7) is 0. The molecule has 0 atom stereocenters. The predicted octanol–water partition coefficient (Wildman–Crippen LogP) is 7.95. The maximum Gasteiger partial charge on any atom is 0.128 e. The highest BCUT2D eigenvalue weighted by molar-refractivity contribution is 6.59. The number of ether oxygens (including phenoxy) is 2. The van der Waals surface area contributed by atoms with Crippen molar-refractivity contribution in [3.8, 4) is 47.3 Å². The van der Waals surface area contributed by atoms with E-state index in [2.05, 4.69) is 0 Å². The first-order valence-electron chi connectivity index (χ1n) is 11.0. The third-order valence-electron chi connectivity index (χ3n) is 5.41. The Bertz CT molecular complexity index is 1590. The zero-order valence-electron chi connectivity index (χ0n) is 19.4. The van der Waals surface area contributed by atoms with Crippen LogP contribution in [0.1, 0.15) is 33.4 Å². The molecule has 4 rings (SSSR count). The summed E-state index contributed by atoms with van der Waals surface area (Å²) in [5.74, 6) is 1.91.